The first-order valence-corrected chi connectivity index (χ1v) is 4.89. The van der Waals surface area contributed by atoms with Crippen molar-refractivity contribution >= 4 is 0 Å². The van der Waals surface area contributed by atoms with Crippen LogP contribution in [0.25, 0.3) is 0 Å². The summed E-state index contributed by atoms with van der Waals surface area (Å²) in [7, 11) is 6.36. The fraction of sp³-hybridized carbons (Fsp3) is 0.500. The van der Waals surface area contributed by atoms with Gasteiger partial charge in [0.05, 0.1) is 21.1 Å². The second-order valence-electron chi connectivity index (χ2n) is 5.01. The van der Waals surface area contributed by atoms with Crippen molar-refractivity contribution in [3.05, 3.63) is 28.8 Å². The van der Waals surface area contributed by atoms with E-state index in [1.54, 1.807) is 0 Å². The average molecular weight is 194 g/mol. The molecule has 0 fully saturated rings. The predicted molar refractivity (Wildman–Crippen MR) is 59.3 cm³/mol. The van der Waals surface area contributed by atoms with Crippen LogP contribution in [0.3, 0.4) is 0 Å². The Balaban J connectivity index is 3.04. The Morgan fingerprint density at radius 2 is 1.57 bits per heavy atom. The molecule has 0 saturated heterocycles. The second kappa shape index (κ2) is 3.62. The van der Waals surface area contributed by atoms with Crippen molar-refractivity contribution < 1.29 is 9.59 Å². The third-order valence-corrected chi connectivity index (χ3v) is 2.34. The van der Waals surface area contributed by atoms with E-state index < -0.39 is 0 Å². The second-order valence-corrected chi connectivity index (χ2v) is 5.01. The quantitative estimate of drug-likeness (QED) is 0.716. The van der Waals surface area contributed by atoms with Crippen LogP contribution >= 0.6 is 0 Å². The maximum absolute atomic E-state index is 9.77. The largest absolute Gasteiger partial charge is 0.507 e. The number of phenolic OH excluding ortho intramolecular Hbond substituents is 1. The van der Waals surface area contributed by atoms with E-state index in [-0.39, 0.29) is 0 Å². The summed E-state index contributed by atoms with van der Waals surface area (Å²) in [6, 6.07) is 3.93. The minimum atomic E-state index is 0.418. The van der Waals surface area contributed by atoms with E-state index in [0.717, 1.165) is 22.2 Å². The number of aromatic hydroxyl groups is 1. The molecule has 0 aliphatic heterocycles. The lowest BCUT2D eigenvalue weighted by atomic mass is 10.0. The highest BCUT2D eigenvalue weighted by Crippen LogP contribution is 2.23. The highest BCUT2D eigenvalue weighted by molar-refractivity contribution is 5.40. The summed E-state index contributed by atoms with van der Waals surface area (Å²) in [5.41, 5.74) is 3.42. The van der Waals surface area contributed by atoms with E-state index in [4.69, 9.17) is 0 Å². The molecule has 1 aromatic carbocycles. The van der Waals surface area contributed by atoms with Crippen LogP contribution in [0.4, 0.5) is 0 Å². The Morgan fingerprint density at radius 1 is 1.07 bits per heavy atom. The summed E-state index contributed by atoms with van der Waals surface area (Å²) in [6.45, 7) is 4.95. The Labute approximate surface area is 86.4 Å². The molecule has 2 heteroatoms. The average Bonchev–Trinajstić information content (AvgIpc) is 1.97. The van der Waals surface area contributed by atoms with E-state index in [2.05, 4.69) is 34.1 Å². The zero-order valence-corrected chi connectivity index (χ0v) is 9.76. The number of nitrogens with zero attached hydrogens (tertiary/aromatic N) is 1. The Kier molecular flexibility index (Phi) is 2.86. The molecule has 0 amide bonds. The number of aryl methyl sites for hydroxylation is 2. The van der Waals surface area contributed by atoms with Crippen molar-refractivity contribution in [3.63, 3.8) is 0 Å². The zero-order valence-electron chi connectivity index (χ0n) is 9.76. The van der Waals surface area contributed by atoms with Gasteiger partial charge in [0, 0.05) is 5.56 Å². The summed E-state index contributed by atoms with van der Waals surface area (Å²) < 4.78 is 0.829. The first-order valence-electron chi connectivity index (χ1n) is 4.89. The van der Waals surface area contributed by atoms with Gasteiger partial charge in [0.1, 0.15) is 12.3 Å². The molecular formula is C12H20NO+. The van der Waals surface area contributed by atoms with Gasteiger partial charge in [-0.3, -0.25) is 0 Å². The van der Waals surface area contributed by atoms with Crippen molar-refractivity contribution in [1.29, 1.82) is 0 Å². The number of benzene rings is 1. The van der Waals surface area contributed by atoms with Crippen molar-refractivity contribution in [2.75, 3.05) is 21.1 Å². The molecule has 0 spiro atoms. The highest BCUT2D eigenvalue weighted by atomic mass is 16.3. The smallest absolute Gasteiger partial charge is 0.124 e. The Morgan fingerprint density at radius 3 is 2.07 bits per heavy atom. The van der Waals surface area contributed by atoms with Gasteiger partial charge in [-0.2, -0.15) is 0 Å². The fourth-order valence-electron chi connectivity index (χ4n) is 1.50. The molecule has 1 N–H and O–H groups in total. The van der Waals surface area contributed by atoms with E-state index >= 15 is 0 Å². The molecule has 0 aromatic heterocycles. The topological polar surface area (TPSA) is 20.2 Å². The molecule has 0 aliphatic carbocycles. The van der Waals surface area contributed by atoms with Gasteiger partial charge < -0.3 is 9.59 Å². The maximum atomic E-state index is 9.77. The van der Waals surface area contributed by atoms with E-state index in [1.807, 2.05) is 13.0 Å². The SMILES string of the molecule is Cc1cc(O)c(C[N+](C)(C)C)cc1C. The number of hydrogen-bond donors (Lipinski definition) is 1. The summed E-state index contributed by atoms with van der Waals surface area (Å²) >= 11 is 0. The number of rotatable bonds is 2. The third-order valence-electron chi connectivity index (χ3n) is 2.34. The molecule has 0 saturated carbocycles. The molecule has 2 nitrogen and oxygen atoms in total. The van der Waals surface area contributed by atoms with Crippen LogP contribution in [0.5, 0.6) is 5.75 Å². The molecule has 14 heavy (non-hydrogen) atoms. The summed E-state index contributed by atoms with van der Waals surface area (Å²) in [4.78, 5) is 0. The van der Waals surface area contributed by atoms with Crippen LogP contribution < -0.4 is 0 Å². The molecule has 0 bridgehead atoms. The van der Waals surface area contributed by atoms with Crippen LogP contribution in [0.15, 0.2) is 12.1 Å². The minimum Gasteiger partial charge on any atom is -0.507 e. The lowest BCUT2D eigenvalue weighted by molar-refractivity contribution is -0.884. The molecule has 1 rings (SSSR count). The molecule has 0 radical (unpaired) electrons. The van der Waals surface area contributed by atoms with Crippen LogP contribution in [-0.4, -0.2) is 30.7 Å². The van der Waals surface area contributed by atoms with Gasteiger partial charge in [-0.1, -0.05) is 0 Å². The Hall–Kier alpha value is -1.02. The summed E-state index contributed by atoms with van der Waals surface area (Å²) in [5, 5.41) is 9.77. The lowest BCUT2D eigenvalue weighted by Gasteiger charge is -2.24. The van der Waals surface area contributed by atoms with E-state index in [9.17, 15) is 5.11 Å². The standard InChI is InChI=1S/C12H19NO/c1-9-6-11(8-13(3,4)5)12(14)7-10(9)2/h6-7H,8H2,1-5H3/p+1. The van der Waals surface area contributed by atoms with E-state index in [1.165, 1.54) is 5.56 Å². The van der Waals surface area contributed by atoms with E-state index in [0.29, 0.717) is 5.75 Å². The van der Waals surface area contributed by atoms with Gasteiger partial charge >= 0.3 is 0 Å². The molecular weight excluding hydrogens is 174 g/mol. The van der Waals surface area contributed by atoms with Gasteiger partial charge in [-0.25, -0.2) is 0 Å². The molecule has 0 aliphatic rings. The van der Waals surface area contributed by atoms with Gasteiger partial charge in [-0.05, 0) is 37.1 Å². The highest BCUT2D eigenvalue weighted by Gasteiger charge is 2.13. The van der Waals surface area contributed by atoms with Gasteiger partial charge in [0.15, 0.2) is 0 Å². The van der Waals surface area contributed by atoms with Gasteiger partial charge in [0.25, 0.3) is 0 Å². The van der Waals surface area contributed by atoms with Crippen LogP contribution in [0, 0.1) is 13.8 Å². The first-order chi connectivity index (χ1) is 6.29. The van der Waals surface area contributed by atoms with Crippen molar-refractivity contribution in [3.8, 4) is 5.75 Å². The normalized spacial score (nSPS) is 11.8. The van der Waals surface area contributed by atoms with Crippen molar-refractivity contribution in [2.45, 2.75) is 20.4 Å². The summed E-state index contributed by atoms with van der Waals surface area (Å²) in [6.07, 6.45) is 0. The van der Waals surface area contributed by atoms with Crippen LogP contribution in [-0.2, 0) is 6.54 Å². The van der Waals surface area contributed by atoms with Crippen molar-refractivity contribution in [1.82, 2.24) is 0 Å². The molecule has 0 unspecified atom stereocenters. The monoisotopic (exact) mass is 194 g/mol. The first kappa shape index (κ1) is 11.1. The Bertz CT molecular complexity index is 337. The maximum Gasteiger partial charge on any atom is 0.124 e. The lowest BCUT2D eigenvalue weighted by Crippen LogP contribution is -2.33. The fourth-order valence-corrected chi connectivity index (χ4v) is 1.50. The van der Waals surface area contributed by atoms with Gasteiger partial charge in [-0.15, -0.1) is 0 Å². The van der Waals surface area contributed by atoms with Crippen LogP contribution in [0.2, 0.25) is 0 Å². The predicted octanol–water partition coefficient (Wildman–Crippen LogP) is 2.22. The number of hydrogen-bond acceptors (Lipinski definition) is 1. The van der Waals surface area contributed by atoms with Crippen LogP contribution in [0.1, 0.15) is 16.7 Å². The molecule has 0 atom stereocenters. The summed E-state index contributed by atoms with van der Waals surface area (Å²) in [5.74, 6) is 0.418. The molecule has 78 valence electrons. The zero-order chi connectivity index (χ0) is 10.9. The van der Waals surface area contributed by atoms with Gasteiger partial charge in [0.2, 0.25) is 0 Å². The molecule has 1 aromatic rings. The molecule has 0 heterocycles. The number of quaternary nitrogens is 1. The minimum absolute atomic E-state index is 0.418. The third kappa shape index (κ3) is 2.74. The number of phenols is 1. The van der Waals surface area contributed by atoms with Crippen molar-refractivity contribution in [2.24, 2.45) is 0 Å².